The zero-order valence-corrected chi connectivity index (χ0v) is 21.9. The van der Waals surface area contributed by atoms with E-state index >= 15 is 4.39 Å². The Bertz CT molecular complexity index is 1560. The summed E-state index contributed by atoms with van der Waals surface area (Å²) in [5.41, 5.74) is 6.29. The molecule has 0 radical (unpaired) electrons. The molecule has 2 amide bonds. The number of carbonyl (C=O) groups is 2. The lowest BCUT2D eigenvalue weighted by atomic mass is 9.86. The summed E-state index contributed by atoms with van der Waals surface area (Å²) in [5, 5.41) is 2.54. The zero-order valence-electron chi connectivity index (χ0n) is 23.9. The van der Waals surface area contributed by atoms with Crippen LogP contribution >= 0.6 is 0 Å². The second kappa shape index (κ2) is 10.7. The van der Waals surface area contributed by atoms with Crippen LogP contribution in [-0.2, 0) is 10.2 Å². The first-order valence-electron chi connectivity index (χ1n) is 12.9. The van der Waals surface area contributed by atoms with Gasteiger partial charge in [0.15, 0.2) is 23.1 Å². The average molecular weight is 540 g/mol. The van der Waals surface area contributed by atoms with Crippen LogP contribution in [0.1, 0.15) is 38.1 Å². The smallest absolute Gasteiger partial charge is 0.258 e. The molecule has 1 aliphatic rings. The van der Waals surface area contributed by atoms with E-state index in [0.717, 1.165) is 29.4 Å². The largest absolute Gasteiger partial charge is 0.489 e. The number of rotatable bonds is 8. The maximum atomic E-state index is 15.2. The van der Waals surface area contributed by atoms with Gasteiger partial charge in [0.1, 0.15) is 24.4 Å². The van der Waals surface area contributed by atoms with Gasteiger partial charge in [0.05, 0.1) is 21.5 Å². The van der Waals surface area contributed by atoms with Crippen molar-refractivity contribution in [3.05, 3.63) is 71.6 Å². The van der Waals surface area contributed by atoms with Crippen LogP contribution < -0.4 is 20.5 Å². The van der Waals surface area contributed by atoms with Crippen LogP contribution in [0, 0.1) is 18.6 Å². The molecule has 0 fully saturated rings. The summed E-state index contributed by atoms with van der Waals surface area (Å²) < 4.78 is 57.7. The van der Waals surface area contributed by atoms with Crippen molar-refractivity contribution in [3.8, 4) is 22.8 Å². The molecule has 0 atom stereocenters. The number of amides is 2. The van der Waals surface area contributed by atoms with E-state index in [9.17, 15) is 14.0 Å². The van der Waals surface area contributed by atoms with E-state index in [1.807, 2.05) is 13.8 Å². The van der Waals surface area contributed by atoms with Gasteiger partial charge in [-0.2, -0.15) is 0 Å². The van der Waals surface area contributed by atoms with Gasteiger partial charge in [-0.15, -0.1) is 0 Å². The third-order valence-corrected chi connectivity index (χ3v) is 6.38. The summed E-state index contributed by atoms with van der Waals surface area (Å²) in [7, 11) is 1.36. The van der Waals surface area contributed by atoms with Crippen molar-refractivity contribution in [2.75, 3.05) is 37.8 Å². The van der Waals surface area contributed by atoms with Gasteiger partial charge in [-0.3, -0.25) is 9.59 Å². The second-order valence-corrected chi connectivity index (χ2v) is 9.64. The van der Waals surface area contributed by atoms with Crippen molar-refractivity contribution in [1.82, 2.24) is 14.9 Å². The standard InChI is InChI=1S/C28H29F2N5O4/c1-6-21(36)35(5)9-10-38-25-23(32-14-33-26(25)31)18-11-16(29)12-20(15(18)2)34-27(37)17-7-8-19-24(22(17)30)39-13-28(19,3)4/h6-8,11-12,14H,1,9-10,13H2,2-5H3,(H,34,37)(H2,31,32,33)/i10D2. The highest BCUT2D eigenvalue weighted by Gasteiger charge is 2.35. The van der Waals surface area contributed by atoms with Crippen molar-refractivity contribution in [2.24, 2.45) is 0 Å². The Hall–Kier alpha value is -4.54. The SMILES string of the molecule is [2H]C([2H])(CN(C)C(=O)C=C)Oc1c(N)ncnc1-c1cc(F)cc(NC(=O)c2ccc3c(c2F)OCC3(C)C)c1C. The predicted octanol–water partition coefficient (Wildman–Crippen LogP) is 4.26. The number of ether oxygens (including phenoxy) is 2. The fourth-order valence-corrected chi connectivity index (χ4v) is 4.10. The highest BCUT2D eigenvalue weighted by molar-refractivity contribution is 6.05. The molecule has 3 aromatic rings. The predicted molar refractivity (Wildman–Crippen MR) is 143 cm³/mol. The summed E-state index contributed by atoms with van der Waals surface area (Å²) in [6, 6.07) is 5.14. The van der Waals surface area contributed by atoms with Crippen LogP contribution in [0.2, 0.25) is 0 Å². The molecular formula is C28H29F2N5O4. The highest BCUT2D eigenvalue weighted by Crippen LogP contribution is 2.41. The van der Waals surface area contributed by atoms with Gasteiger partial charge in [-0.05, 0) is 36.8 Å². The molecule has 0 saturated carbocycles. The Labute approximate surface area is 227 Å². The lowest BCUT2D eigenvalue weighted by Gasteiger charge is -2.19. The third kappa shape index (κ3) is 5.38. The van der Waals surface area contributed by atoms with Gasteiger partial charge in [-0.1, -0.05) is 26.5 Å². The molecule has 3 N–H and O–H groups in total. The molecule has 0 bridgehead atoms. The van der Waals surface area contributed by atoms with Gasteiger partial charge in [-0.25, -0.2) is 18.7 Å². The van der Waals surface area contributed by atoms with E-state index in [2.05, 4.69) is 21.9 Å². The molecule has 2 aromatic carbocycles. The molecule has 1 aliphatic heterocycles. The topological polar surface area (TPSA) is 120 Å². The molecule has 0 saturated heterocycles. The van der Waals surface area contributed by atoms with Gasteiger partial charge in [0, 0.05) is 29.3 Å². The Balaban J connectivity index is 1.69. The molecule has 0 spiro atoms. The maximum Gasteiger partial charge on any atom is 0.258 e. The van der Waals surface area contributed by atoms with Crippen LogP contribution in [-0.4, -0.2) is 53.4 Å². The number of likely N-dealkylation sites (N-methyl/N-ethyl adjacent to an activating group) is 1. The number of halogens is 2. The van der Waals surface area contributed by atoms with Crippen LogP contribution in [0.3, 0.4) is 0 Å². The number of nitrogens with zero attached hydrogens (tertiary/aromatic N) is 3. The number of hydrogen-bond donors (Lipinski definition) is 2. The normalized spacial score (nSPS) is 14.4. The quantitative estimate of drug-likeness (QED) is 0.411. The van der Waals surface area contributed by atoms with Gasteiger partial charge in [0.25, 0.3) is 5.91 Å². The molecular weight excluding hydrogens is 508 g/mol. The lowest BCUT2D eigenvalue weighted by Crippen LogP contribution is -2.29. The van der Waals surface area contributed by atoms with Crippen molar-refractivity contribution in [1.29, 1.82) is 0 Å². The number of aromatic nitrogens is 2. The maximum absolute atomic E-state index is 15.2. The first-order valence-corrected chi connectivity index (χ1v) is 11.9. The number of carbonyl (C=O) groups excluding carboxylic acids is 2. The van der Waals surface area contributed by atoms with E-state index in [-0.39, 0.29) is 46.4 Å². The Kier molecular flexibility index (Phi) is 6.78. The Morgan fingerprint density at radius 2 is 2.08 bits per heavy atom. The van der Waals surface area contributed by atoms with Gasteiger partial charge < -0.3 is 25.4 Å². The molecule has 4 rings (SSSR count). The second-order valence-electron chi connectivity index (χ2n) is 9.64. The highest BCUT2D eigenvalue weighted by atomic mass is 19.1. The number of hydrogen-bond acceptors (Lipinski definition) is 7. The zero-order chi connectivity index (χ0) is 30.3. The number of nitrogen functional groups attached to an aromatic ring is 1. The minimum absolute atomic E-state index is 0.00672. The first kappa shape index (κ1) is 24.8. The van der Waals surface area contributed by atoms with E-state index in [0.29, 0.717) is 11.1 Å². The molecule has 0 aliphatic carbocycles. The molecule has 11 heteroatoms. The number of nitrogens with one attached hydrogen (secondary N) is 1. The summed E-state index contributed by atoms with van der Waals surface area (Å²) in [5.74, 6) is -3.49. The van der Waals surface area contributed by atoms with Gasteiger partial charge >= 0.3 is 0 Å². The number of nitrogens with two attached hydrogens (primary N) is 1. The molecule has 9 nitrogen and oxygen atoms in total. The molecule has 204 valence electrons. The molecule has 1 aromatic heterocycles. The number of benzene rings is 2. The van der Waals surface area contributed by atoms with Crippen LogP contribution in [0.25, 0.3) is 11.3 Å². The van der Waals surface area contributed by atoms with E-state index < -0.39 is 42.0 Å². The number of fused-ring (bicyclic) bond motifs is 1. The molecule has 2 heterocycles. The van der Waals surface area contributed by atoms with Crippen molar-refractivity contribution in [2.45, 2.75) is 26.2 Å². The first-order chi connectivity index (χ1) is 19.1. The lowest BCUT2D eigenvalue weighted by molar-refractivity contribution is -0.125. The minimum Gasteiger partial charge on any atom is -0.489 e. The molecule has 0 unspecified atom stereocenters. The minimum atomic E-state index is -2.46. The third-order valence-electron chi connectivity index (χ3n) is 6.38. The van der Waals surface area contributed by atoms with Gasteiger partial charge in [0.2, 0.25) is 5.91 Å². The number of anilines is 2. The van der Waals surface area contributed by atoms with Crippen molar-refractivity contribution >= 4 is 23.3 Å². The summed E-state index contributed by atoms with van der Waals surface area (Å²) in [6.07, 6.45) is 2.11. The Morgan fingerprint density at radius 1 is 1.33 bits per heavy atom. The van der Waals surface area contributed by atoms with Crippen molar-refractivity contribution in [3.63, 3.8) is 0 Å². The van der Waals surface area contributed by atoms with E-state index in [1.54, 1.807) is 13.0 Å². The van der Waals surface area contributed by atoms with Crippen LogP contribution in [0.4, 0.5) is 20.3 Å². The van der Waals surface area contributed by atoms with E-state index in [4.69, 9.17) is 17.9 Å². The summed E-state index contributed by atoms with van der Waals surface area (Å²) in [6.45, 7) is 6.04. The van der Waals surface area contributed by atoms with Crippen LogP contribution in [0.15, 0.2) is 43.2 Å². The fourth-order valence-electron chi connectivity index (χ4n) is 4.10. The summed E-state index contributed by atoms with van der Waals surface area (Å²) in [4.78, 5) is 34.0. The Morgan fingerprint density at radius 3 is 2.79 bits per heavy atom. The van der Waals surface area contributed by atoms with E-state index in [1.165, 1.54) is 13.1 Å². The fraction of sp³-hybridized carbons (Fsp3) is 0.286. The summed E-state index contributed by atoms with van der Waals surface area (Å²) >= 11 is 0. The van der Waals surface area contributed by atoms with Crippen LogP contribution in [0.5, 0.6) is 11.5 Å². The molecule has 39 heavy (non-hydrogen) atoms. The average Bonchev–Trinajstić information content (AvgIpc) is 3.21. The monoisotopic (exact) mass is 539 g/mol. The van der Waals surface area contributed by atoms with Crippen molar-refractivity contribution < 1.29 is 30.6 Å².